The highest BCUT2D eigenvalue weighted by atomic mass is 16.3. The minimum atomic E-state index is -0.733. The molecular formula is C13H24N2O2. The Morgan fingerprint density at radius 2 is 2.24 bits per heavy atom. The number of likely N-dealkylation sites (N-methyl/N-ethyl adjacent to an activating group) is 1. The maximum atomic E-state index is 10.2. The summed E-state index contributed by atoms with van der Waals surface area (Å²) >= 11 is 0. The maximum Gasteiger partial charge on any atom is 0.120 e. The molecule has 1 aromatic rings. The molecule has 0 spiro atoms. The average Bonchev–Trinajstić information content (AvgIpc) is 2.69. The second-order valence-corrected chi connectivity index (χ2v) is 5.09. The molecule has 0 aliphatic heterocycles. The van der Waals surface area contributed by atoms with Crippen molar-refractivity contribution in [2.75, 3.05) is 27.2 Å². The van der Waals surface area contributed by atoms with E-state index in [0.717, 1.165) is 12.2 Å². The third-order valence-electron chi connectivity index (χ3n) is 2.68. The summed E-state index contributed by atoms with van der Waals surface area (Å²) in [5, 5.41) is 13.5. The van der Waals surface area contributed by atoms with Crippen LogP contribution in [0.5, 0.6) is 0 Å². The molecule has 98 valence electrons. The minimum absolute atomic E-state index is 0.165. The summed E-state index contributed by atoms with van der Waals surface area (Å²) in [4.78, 5) is 1.98. The van der Waals surface area contributed by atoms with Gasteiger partial charge in [0.05, 0.1) is 17.9 Å². The van der Waals surface area contributed by atoms with Crippen LogP contribution in [0.4, 0.5) is 0 Å². The number of aliphatic hydroxyl groups is 1. The second kappa shape index (κ2) is 6.19. The Hall–Kier alpha value is -0.840. The van der Waals surface area contributed by atoms with Gasteiger partial charge in [-0.25, -0.2) is 0 Å². The van der Waals surface area contributed by atoms with Gasteiger partial charge in [-0.15, -0.1) is 0 Å². The molecule has 4 heteroatoms. The van der Waals surface area contributed by atoms with Gasteiger partial charge in [-0.3, -0.25) is 0 Å². The van der Waals surface area contributed by atoms with Gasteiger partial charge in [0, 0.05) is 13.1 Å². The summed E-state index contributed by atoms with van der Waals surface area (Å²) in [6, 6.07) is 4.01. The number of rotatable bonds is 7. The molecule has 0 bridgehead atoms. The third-order valence-corrected chi connectivity index (χ3v) is 2.68. The summed E-state index contributed by atoms with van der Waals surface area (Å²) < 4.78 is 5.38. The lowest BCUT2D eigenvalue weighted by Crippen LogP contribution is -2.46. The van der Waals surface area contributed by atoms with Gasteiger partial charge in [-0.1, -0.05) is 6.92 Å². The Morgan fingerprint density at radius 1 is 1.53 bits per heavy atom. The molecule has 1 rings (SSSR count). The van der Waals surface area contributed by atoms with Gasteiger partial charge in [-0.05, 0) is 39.6 Å². The van der Waals surface area contributed by atoms with E-state index in [2.05, 4.69) is 12.2 Å². The lowest BCUT2D eigenvalue weighted by atomic mass is 10.1. The van der Waals surface area contributed by atoms with Crippen molar-refractivity contribution in [3.8, 4) is 0 Å². The molecule has 0 aliphatic rings. The summed E-state index contributed by atoms with van der Waals surface area (Å²) in [5.74, 6) is 0.924. The van der Waals surface area contributed by atoms with Gasteiger partial charge in [0.1, 0.15) is 5.76 Å². The van der Waals surface area contributed by atoms with Crippen molar-refractivity contribution in [1.82, 2.24) is 10.2 Å². The highest BCUT2D eigenvalue weighted by Crippen LogP contribution is 2.17. The zero-order chi connectivity index (χ0) is 12.9. The van der Waals surface area contributed by atoms with Gasteiger partial charge < -0.3 is 19.7 Å². The van der Waals surface area contributed by atoms with E-state index in [4.69, 9.17) is 4.42 Å². The van der Waals surface area contributed by atoms with E-state index in [1.165, 1.54) is 0 Å². The smallest absolute Gasteiger partial charge is 0.120 e. The van der Waals surface area contributed by atoms with Crippen molar-refractivity contribution in [3.05, 3.63) is 24.2 Å². The van der Waals surface area contributed by atoms with Crippen LogP contribution in [0, 0.1) is 0 Å². The van der Waals surface area contributed by atoms with Gasteiger partial charge in [-0.2, -0.15) is 0 Å². The second-order valence-electron chi connectivity index (χ2n) is 5.09. The lowest BCUT2D eigenvalue weighted by molar-refractivity contribution is 0.0305. The Kier molecular flexibility index (Phi) is 5.18. The van der Waals surface area contributed by atoms with Gasteiger partial charge in [0.25, 0.3) is 0 Å². The minimum Gasteiger partial charge on any atom is -0.468 e. The summed E-state index contributed by atoms with van der Waals surface area (Å²) in [6.07, 6.45) is 2.61. The predicted molar refractivity (Wildman–Crippen MR) is 68.9 cm³/mol. The lowest BCUT2D eigenvalue weighted by Gasteiger charge is -2.29. The molecular weight excluding hydrogens is 216 g/mol. The van der Waals surface area contributed by atoms with Crippen molar-refractivity contribution < 1.29 is 9.52 Å². The van der Waals surface area contributed by atoms with E-state index >= 15 is 0 Å². The molecule has 17 heavy (non-hydrogen) atoms. The van der Waals surface area contributed by atoms with E-state index in [1.807, 2.05) is 38.1 Å². The standard InChI is InChI=1S/C13H24N2O2/c1-5-11(12-7-6-8-17-12)14-9-13(2,16)10-15(3)4/h6-8,11,14,16H,5,9-10H2,1-4H3. The first-order valence-electron chi connectivity index (χ1n) is 6.08. The van der Waals surface area contributed by atoms with Crippen molar-refractivity contribution >= 4 is 0 Å². The molecule has 2 N–H and O–H groups in total. The Balaban J connectivity index is 2.48. The normalized spacial score (nSPS) is 17.1. The summed E-state index contributed by atoms with van der Waals surface area (Å²) in [7, 11) is 3.91. The third kappa shape index (κ3) is 4.89. The Labute approximate surface area is 104 Å². The van der Waals surface area contributed by atoms with Crippen molar-refractivity contribution in [1.29, 1.82) is 0 Å². The van der Waals surface area contributed by atoms with Gasteiger partial charge in [0.2, 0.25) is 0 Å². The molecule has 2 unspecified atom stereocenters. The van der Waals surface area contributed by atoms with Gasteiger partial charge >= 0.3 is 0 Å². The van der Waals surface area contributed by atoms with Crippen molar-refractivity contribution in [3.63, 3.8) is 0 Å². The topological polar surface area (TPSA) is 48.6 Å². The van der Waals surface area contributed by atoms with Crippen molar-refractivity contribution in [2.45, 2.75) is 31.9 Å². The monoisotopic (exact) mass is 240 g/mol. The summed E-state index contributed by atoms with van der Waals surface area (Å²) in [6.45, 7) is 5.12. The Morgan fingerprint density at radius 3 is 2.71 bits per heavy atom. The first kappa shape index (κ1) is 14.2. The highest BCUT2D eigenvalue weighted by molar-refractivity contribution is 5.04. The molecule has 4 nitrogen and oxygen atoms in total. The number of nitrogens with one attached hydrogen (secondary N) is 1. The summed E-state index contributed by atoms with van der Waals surface area (Å²) in [5.41, 5.74) is -0.733. The molecule has 0 radical (unpaired) electrons. The van der Waals surface area contributed by atoms with E-state index in [1.54, 1.807) is 6.26 Å². The van der Waals surface area contributed by atoms with E-state index in [0.29, 0.717) is 13.1 Å². The van der Waals surface area contributed by atoms with Crippen LogP contribution < -0.4 is 5.32 Å². The van der Waals surface area contributed by atoms with Crippen LogP contribution in [0.3, 0.4) is 0 Å². The number of furan rings is 1. The van der Waals surface area contributed by atoms with Crippen LogP contribution in [0.15, 0.2) is 22.8 Å². The average molecular weight is 240 g/mol. The fraction of sp³-hybridized carbons (Fsp3) is 0.692. The maximum absolute atomic E-state index is 10.2. The number of nitrogens with zero attached hydrogens (tertiary/aromatic N) is 1. The van der Waals surface area contributed by atoms with Crippen LogP contribution in [-0.4, -0.2) is 42.8 Å². The van der Waals surface area contributed by atoms with Crippen LogP contribution in [0.2, 0.25) is 0 Å². The fourth-order valence-electron chi connectivity index (χ4n) is 2.02. The van der Waals surface area contributed by atoms with Crippen LogP contribution in [0.25, 0.3) is 0 Å². The van der Waals surface area contributed by atoms with E-state index < -0.39 is 5.60 Å². The Bertz CT molecular complexity index is 307. The van der Waals surface area contributed by atoms with Crippen LogP contribution in [-0.2, 0) is 0 Å². The molecule has 0 amide bonds. The van der Waals surface area contributed by atoms with Crippen LogP contribution in [0.1, 0.15) is 32.1 Å². The first-order chi connectivity index (χ1) is 7.94. The molecule has 1 heterocycles. The number of hydrogen-bond donors (Lipinski definition) is 2. The zero-order valence-electron chi connectivity index (χ0n) is 11.2. The molecule has 0 saturated carbocycles. The van der Waals surface area contributed by atoms with E-state index in [-0.39, 0.29) is 6.04 Å². The number of hydrogen-bond acceptors (Lipinski definition) is 4. The van der Waals surface area contributed by atoms with Gasteiger partial charge in [0.15, 0.2) is 0 Å². The molecule has 0 aliphatic carbocycles. The molecule has 2 atom stereocenters. The molecule has 0 fully saturated rings. The van der Waals surface area contributed by atoms with Crippen LogP contribution >= 0.6 is 0 Å². The molecule has 0 saturated heterocycles. The molecule has 1 aromatic heterocycles. The zero-order valence-corrected chi connectivity index (χ0v) is 11.2. The largest absolute Gasteiger partial charge is 0.468 e. The highest BCUT2D eigenvalue weighted by Gasteiger charge is 2.23. The first-order valence-corrected chi connectivity index (χ1v) is 6.08. The predicted octanol–water partition coefficient (Wildman–Crippen LogP) is 1.63. The molecule has 0 aromatic carbocycles. The SMILES string of the molecule is CCC(NCC(C)(O)CN(C)C)c1ccco1. The van der Waals surface area contributed by atoms with Crippen molar-refractivity contribution in [2.24, 2.45) is 0 Å². The fourth-order valence-corrected chi connectivity index (χ4v) is 2.02. The van der Waals surface area contributed by atoms with E-state index in [9.17, 15) is 5.11 Å². The quantitative estimate of drug-likeness (QED) is 0.760.